The van der Waals surface area contributed by atoms with Gasteiger partial charge in [0.25, 0.3) is 5.91 Å². The molecule has 25 heavy (non-hydrogen) atoms. The van der Waals surface area contributed by atoms with Gasteiger partial charge in [-0.05, 0) is 38.5 Å². The fourth-order valence-corrected chi connectivity index (χ4v) is 4.75. The first kappa shape index (κ1) is 19.5. The summed E-state index contributed by atoms with van der Waals surface area (Å²) in [7, 11) is -3.12. The van der Waals surface area contributed by atoms with E-state index in [9.17, 15) is 18.0 Å². The minimum atomic E-state index is -3.12. The summed E-state index contributed by atoms with van der Waals surface area (Å²) in [5.41, 5.74) is 6.02. The second-order valence-electron chi connectivity index (χ2n) is 5.96. The first-order valence-electron chi connectivity index (χ1n) is 7.91. The Morgan fingerprint density at radius 2 is 2.12 bits per heavy atom. The van der Waals surface area contributed by atoms with Gasteiger partial charge in [0.15, 0.2) is 15.9 Å². The highest BCUT2D eigenvalue weighted by molar-refractivity contribution is 7.91. The molecular formula is C16H21ClN2O5S. The van der Waals surface area contributed by atoms with Crippen molar-refractivity contribution in [3.05, 3.63) is 28.8 Å². The molecule has 2 atom stereocenters. The summed E-state index contributed by atoms with van der Waals surface area (Å²) < 4.78 is 28.5. The molecule has 1 fully saturated rings. The fraction of sp³-hybridized carbons (Fsp3) is 0.500. The van der Waals surface area contributed by atoms with Gasteiger partial charge < -0.3 is 15.4 Å². The summed E-state index contributed by atoms with van der Waals surface area (Å²) in [4.78, 5) is 26.2. The average Bonchev–Trinajstić information content (AvgIpc) is 2.87. The normalized spacial score (nSPS) is 20.0. The molecule has 2 rings (SSSR count). The van der Waals surface area contributed by atoms with Gasteiger partial charge in [-0.3, -0.25) is 4.79 Å². The Balaban J connectivity index is 2.06. The van der Waals surface area contributed by atoms with Crippen molar-refractivity contribution in [3.8, 4) is 0 Å². The second-order valence-corrected chi connectivity index (χ2v) is 8.63. The van der Waals surface area contributed by atoms with E-state index in [0.29, 0.717) is 18.0 Å². The molecule has 138 valence electrons. The number of likely N-dealkylation sites (N-methyl/N-ethyl adjacent to an activating group) is 1. The van der Waals surface area contributed by atoms with Gasteiger partial charge in [-0.2, -0.15) is 0 Å². The summed E-state index contributed by atoms with van der Waals surface area (Å²) in [5.74, 6) is -1.15. The molecule has 0 aliphatic carbocycles. The van der Waals surface area contributed by atoms with E-state index in [4.69, 9.17) is 22.1 Å². The van der Waals surface area contributed by atoms with Crippen molar-refractivity contribution in [2.75, 3.05) is 23.8 Å². The van der Waals surface area contributed by atoms with Crippen LogP contribution in [0.15, 0.2) is 18.2 Å². The van der Waals surface area contributed by atoms with E-state index in [0.717, 1.165) is 0 Å². The number of hydrogen-bond acceptors (Lipinski definition) is 6. The molecule has 0 unspecified atom stereocenters. The van der Waals surface area contributed by atoms with E-state index in [1.54, 1.807) is 6.92 Å². The minimum absolute atomic E-state index is 0.0582. The number of anilines is 1. The van der Waals surface area contributed by atoms with Crippen molar-refractivity contribution in [2.24, 2.45) is 0 Å². The predicted octanol–water partition coefficient (Wildman–Crippen LogP) is 1.50. The molecule has 2 N–H and O–H groups in total. The zero-order valence-electron chi connectivity index (χ0n) is 14.1. The topological polar surface area (TPSA) is 107 Å². The van der Waals surface area contributed by atoms with Crippen LogP contribution in [0.5, 0.6) is 0 Å². The van der Waals surface area contributed by atoms with Gasteiger partial charge in [0.05, 0.1) is 17.1 Å². The second kappa shape index (κ2) is 7.61. The maximum atomic E-state index is 12.6. The first-order valence-corrected chi connectivity index (χ1v) is 10.1. The van der Waals surface area contributed by atoms with Gasteiger partial charge in [-0.15, -0.1) is 0 Å². The van der Waals surface area contributed by atoms with Gasteiger partial charge in [0.2, 0.25) is 0 Å². The number of sulfone groups is 1. The third-order valence-corrected chi connectivity index (χ3v) is 6.12. The van der Waals surface area contributed by atoms with Gasteiger partial charge in [-0.25, -0.2) is 13.2 Å². The number of ether oxygens (including phenoxy) is 1. The van der Waals surface area contributed by atoms with Crippen LogP contribution in [0.1, 0.15) is 30.6 Å². The quantitative estimate of drug-likeness (QED) is 0.605. The zero-order valence-corrected chi connectivity index (χ0v) is 15.6. The molecule has 0 aromatic heterocycles. The third kappa shape index (κ3) is 4.64. The summed E-state index contributed by atoms with van der Waals surface area (Å²) in [6.07, 6.45) is -0.655. The van der Waals surface area contributed by atoms with Crippen LogP contribution in [-0.4, -0.2) is 55.4 Å². The molecule has 1 aromatic rings. The Hall–Kier alpha value is -1.80. The predicted molar refractivity (Wildman–Crippen MR) is 95.2 cm³/mol. The standard InChI is InChI=1S/C16H21ClN2O5S/c1-3-19(12-6-7-25(22,23)9-12)15(20)10(2)24-16(21)13-5-4-11(17)8-14(13)18/h4-5,8,10,12H,3,6-7,9,18H2,1-2H3/t10-,12+/m0/s1. The van der Waals surface area contributed by atoms with Crippen LogP contribution < -0.4 is 5.73 Å². The molecule has 1 amide bonds. The largest absolute Gasteiger partial charge is 0.449 e. The van der Waals surface area contributed by atoms with Crippen LogP contribution in [0.3, 0.4) is 0 Å². The van der Waals surface area contributed by atoms with E-state index in [1.807, 2.05) is 0 Å². The van der Waals surface area contributed by atoms with Crippen molar-refractivity contribution in [1.29, 1.82) is 0 Å². The lowest BCUT2D eigenvalue weighted by Crippen LogP contribution is -2.46. The van der Waals surface area contributed by atoms with E-state index in [-0.39, 0.29) is 28.8 Å². The van der Waals surface area contributed by atoms with E-state index >= 15 is 0 Å². The molecule has 9 heteroatoms. The Morgan fingerprint density at radius 3 is 2.64 bits per heavy atom. The van der Waals surface area contributed by atoms with Crippen LogP contribution in [0.4, 0.5) is 5.69 Å². The summed E-state index contributed by atoms with van der Waals surface area (Å²) >= 11 is 5.79. The van der Waals surface area contributed by atoms with Crippen molar-refractivity contribution in [2.45, 2.75) is 32.4 Å². The minimum Gasteiger partial charge on any atom is -0.449 e. The zero-order chi connectivity index (χ0) is 18.8. The molecular weight excluding hydrogens is 368 g/mol. The van der Waals surface area contributed by atoms with Crippen LogP contribution in [-0.2, 0) is 19.4 Å². The smallest absolute Gasteiger partial charge is 0.341 e. The third-order valence-electron chi connectivity index (χ3n) is 4.14. The monoisotopic (exact) mass is 388 g/mol. The first-order chi connectivity index (χ1) is 11.6. The summed E-state index contributed by atoms with van der Waals surface area (Å²) in [5, 5.41) is 0.387. The van der Waals surface area contributed by atoms with Crippen LogP contribution >= 0.6 is 11.6 Å². The highest BCUT2D eigenvalue weighted by atomic mass is 35.5. The number of rotatable bonds is 5. The molecule has 1 aliphatic heterocycles. The maximum absolute atomic E-state index is 12.6. The molecule has 0 spiro atoms. The lowest BCUT2D eigenvalue weighted by atomic mass is 10.1. The lowest BCUT2D eigenvalue weighted by Gasteiger charge is -2.29. The number of esters is 1. The number of nitrogens with zero attached hydrogens (tertiary/aromatic N) is 1. The average molecular weight is 389 g/mol. The summed E-state index contributed by atoms with van der Waals surface area (Å²) in [6.45, 7) is 3.55. The number of benzene rings is 1. The maximum Gasteiger partial charge on any atom is 0.341 e. The molecule has 1 heterocycles. The number of carbonyl (C=O) groups excluding carboxylic acids is 2. The molecule has 7 nitrogen and oxygen atoms in total. The summed E-state index contributed by atoms with van der Waals surface area (Å²) in [6, 6.07) is 3.97. The SMILES string of the molecule is CCN(C(=O)[C@H](C)OC(=O)c1ccc(Cl)cc1N)[C@@H]1CCS(=O)(=O)C1. The van der Waals surface area contributed by atoms with Crippen molar-refractivity contribution in [3.63, 3.8) is 0 Å². The van der Waals surface area contributed by atoms with Crippen molar-refractivity contribution < 1.29 is 22.7 Å². The Kier molecular flexibility index (Phi) is 5.95. The van der Waals surface area contributed by atoms with Gasteiger partial charge in [0.1, 0.15) is 0 Å². The van der Waals surface area contributed by atoms with Crippen LogP contribution in [0.2, 0.25) is 5.02 Å². The fourth-order valence-electron chi connectivity index (χ4n) is 2.84. The molecule has 0 bridgehead atoms. The van der Waals surface area contributed by atoms with Gasteiger partial charge in [0, 0.05) is 23.3 Å². The number of halogens is 1. The highest BCUT2D eigenvalue weighted by Crippen LogP contribution is 2.21. The Bertz CT molecular complexity index is 781. The number of carbonyl (C=O) groups is 2. The Morgan fingerprint density at radius 1 is 1.44 bits per heavy atom. The van der Waals surface area contributed by atoms with Crippen LogP contribution in [0.25, 0.3) is 0 Å². The lowest BCUT2D eigenvalue weighted by molar-refractivity contribution is -0.141. The molecule has 0 radical (unpaired) electrons. The van der Waals surface area contributed by atoms with Crippen molar-refractivity contribution in [1.82, 2.24) is 4.90 Å². The van der Waals surface area contributed by atoms with Gasteiger partial charge >= 0.3 is 5.97 Å². The number of amides is 1. The number of hydrogen-bond donors (Lipinski definition) is 1. The van der Waals surface area contributed by atoms with Crippen LogP contribution in [0, 0.1) is 0 Å². The Labute approximate surface area is 152 Å². The van der Waals surface area contributed by atoms with Crippen molar-refractivity contribution >= 4 is 39.0 Å². The number of nitrogen functional groups attached to an aromatic ring is 1. The molecule has 0 saturated carbocycles. The molecule has 1 aliphatic rings. The van der Waals surface area contributed by atoms with E-state index in [2.05, 4.69) is 0 Å². The molecule has 1 aromatic carbocycles. The van der Waals surface area contributed by atoms with Gasteiger partial charge in [-0.1, -0.05) is 11.6 Å². The number of nitrogens with two attached hydrogens (primary N) is 1. The molecule has 1 saturated heterocycles. The van der Waals surface area contributed by atoms with E-state index in [1.165, 1.54) is 30.0 Å². The highest BCUT2D eigenvalue weighted by Gasteiger charge is 2.36. The van der Waals surface area contributed by atoms with E-state index < -0.39 is 27.8 Å².